The number of hydrogen-bond acceptors (Lipinski definition) is 5. The fourth-order valence-corrected chi connectivity index (χ4v) is 3.26. The van der Waals surface area contributed by atoms with E-state index in [1.807, 2.05) is 17.9 Å². The van der Waals surface area contributed by atoms with Crippen LogP contribution in [0.1, 0.15) is 34.4 Å². The number of amides is 1. The van der Waals surface area contributed by atoms with Crippen LogP contribution in [0, 0.1) is 20.8 Å². The van der Waals surface area contributed by atoms with Gasteiger partial charge in [-0.3, -0.25) is 4.79 Å². The zero-order chi connectivity index (χ0) is 18.7. The maximum absolute atomic E-state index is 12.9. The quantitative estimate of drug-likeness (QED) is 0.916. The topological polar surface area (TPSA) is 61.4 Å². The molecule has 2 heterocycles. The minimum Gasteiger partial charge on any atom is -0.340 e. The van der Waals surface area contributed by atoms with Gasteiger partial charge in [0.05, 0.1) is 0 Å². The molecule has 2 aromatic rings. The highest BCUT2D eigenvalue weighted by Gasteiger charge is 2.23. The fourth-order valence-electron chi connectivity index (χ4n) is 3.26. The van der Waals surface area contributed by atoms with E-state index in [2.05, 4.69) is 53.1 Å². The number of piperazine rings is 1. The zero-order valence-electron chi connectivity index (χ0n) is 16.0. The Bertz CT molecular complexity index is 797. The van der Waals surface area contributed by atoms with Gasteiger partial charge in [0.15, 0.2) is 0 Å². The van der Waals surface area contributed by atoms with Crippen LogP contribution in [-0.4, -0.2) is 58.4 Å². The Morgan fingerprint density at radius 2 is 1.81 bits per heavy atom. The molecule has 0 spiro atoms. The summed E-state index contributed by atoms with van der Waals surface area (Å²) in [7, 11) is 0. The van der Waals surface area contributed by atoms with Gasteiger partial charge < -0.3 is 15.1 Å². The smallest absolute Gasteiger partial charge is 0.272 e. The second-order valence-corrected chi connectivity index (χ2v) is 6.86. The highest BCUT2D eigenvalue weighted by atomic mass is 16.2. The molecule has 0 unspecified atom stereocenters. The molecule has 1 amide bonds. The number of aryl methyl sites for hydroxylation is 3. The minimum atomic E-state index is -0.0186. The van der Waals surface area contributed by atoms with Crippen molar-refractivity contribution in [1.82, 2.24) is 19.8 Å². The Hall–Kier alpha value is -2.47. The number of carbonyl (C=O) groups excluding carboxylic acids is 1. The molecule has 1 saturated heterocycles. The van der Waals surface area contributed by atoms with Crippen molar-refractivity contribution in [2.24, 2.45) is 0 Å². The molecule has 0 atom stereocenters. The maximum Gasteiger partial charge on any atom is 0.272 e. The van der Waals surface area contributed by atoms with E-state index in [1.54, 1.807) is 6.07 Å². The van der Waals surface area contributed by atoms with Crippen LogP contribution in [0.3, 0.4) is 0 Å². The second-order valence-electron chi connectivity index (χ2n) is 6.86. The summed E-state index contributed by atoms with van der Waals surface area (Å²) >= 11 is 0. The predicted molar refractivity (Wildman–Crippen MR) is 104 cm³/mol. The molecule has 6 heteroatoms. The summed E-state index contributed by atoms with van der Waals surface area (Å²) in [5.41, 5.74) is 3.80. The van der Waals surface area contributed by atoms with E-state index in [1.165, 1.54) is 5.56 Å². The van der Waals surface area contributed by atoms with Crippen molar-refractivity contribution in [3.8, 4) is 0 Å². The van der Waals surface area contributed by atoms with Crippen molar-refractivity contribution >= 4 is 17.4 Å². The molecule has 6 nitrogen and oxygen atoms in total. The number of likely N-dealkylation sites (N-methyl/N-ethyl adjacent to an activating group) is 1. The van der Waals surface area contributed by atoms with Crippen LogP contribution >= 0.6 is 0 Å². The van der Waals surface area contributed by atoms with Gasteiger partial charge in [0.2, 0.25) is 0 Å². The first-order valence-electron chi connectivity index (χ1n) is 9.18. The SMILES string of the molecule is CCN1CCN(C(=O)c2cc(Nc3ccc(C)cc3C)nc(C)n2)CC1. The lowest BCUT2D eigenvalue weighted by Crippen LogP contribution is -2.48. The van der Waals surface area contributed by atoms with Gasteiger partial charge in [-0.15, -0.1) is 0 Å². The third-order valence-corrected chi connectivity index (χ3v) is 4.81. The monoisotopic (exact) mass is 353 g/mol. The second kappa shape index (κ2) is 7.83. The number of carbonyl (C=O) groups is 1. The van der Waals surface area contributed by atoms with Crippen LogP contribution in [0.5, 0.6) is 0 Å². The zero-order valence-corrected chi connectivity index (χ0v) is 16.0. The lowest BCUT2D eigenvalue weighted by atomic mass is 10.1. The third kappa shape index (κ3) is 4.19. The number of hydrogen-bond donors (Lipinski definition) is 1. The number of nitrogens with one attached hydrogen (secondary N) is 1. The summed E-state index contributed by atoms with van der Waals surface area (Å²) in [4.78, 5) is 25.9. The molecule has 0 aliphatic carbocycles. The molecule has 1 aliphatic rings. The van der Waals surface area contributed by atoms with Gasteiger partial charge in [-0.25, -0.2) is 9.97 Å². The van der Waals surface area contributed by atoms with Gasteiger partial charge in [0, 0.05) is 37.9 Å². The van der Waals surface area contributed by atoms with E-state index < -0.39 is 0 Å². The third-order valence-electron chi connectivity index (χ3n) is 4.81. The molecular formula is C20H27N5O. The number of nitrogens with zero attached hydrogens (tertiary/aromatic N) is 4. The van der Waals surface area contributed by atoms with E-state index in [9.17, 15) is 4.79 Å². The van der Waals surface area contributed by atoms with Gasteiger partial charge >= 0.3 is 0 Å². The predicted octanol–water partition coefficient (Wildman–Crippen LogP) is 2.92. The molecule has 3 rings (SSSR count). The standard InChI is InChI=1S/C20H27N5O/c1-5-24-8-10-25(11-9-24)20(26)18-13-19(22-16(4)21-18)23-17-7-6-14(2)12-15(17)3/h6-7,12-13H,5,8-11H2,1-4H3,(H,21,22,23). The van der Waals surface area contributed by atoms with Crippen molar-refractivity contribution in [2.45, 2.75) is 27.7 Å². The Balaban J connectivity index is 1.78. The van der Waals surface area contributed by atoms with E-state index in [0.29, 0.717) is 17.3 Å². The molecule has 138 valence electrons. The maximum atomic E-state index is 12.9. The number of benzene rings is 1. The van der Waals surface area contributed by atoms with Gasteiger partial charge in [0.1, 0.15) is 17.3 Å². The Morgan fingerprint density at radius 1 is 1.08 bits per heavy atom. The Labute approximate surface area is 155 Å². The molecule has 1 N–H and O–H groups in total. The summed E-state index contributed by atoms with van der Waals surface area (Å²) in [6, 6.07) is 7.96. The average molecular weight is 353 g/mol. The first-order chi connectivity index (χ1) is 12.5. The normalized spacial score (nSPS) is 15.2. The highest BCUT2D eigenvalue weighted by Crippen LogP contribution is 2.21. The number of aromatic nitrogens is 2. The average Bonchev–Trinajstić information content (AvgIpc) is 2.63. The fraction of sp³-hybridized carbons (Fsp3) is 0.450. The summed E-state index contributed by atoms with van der Waals surface area (Å²) in [5, 5.41) is 3.32. The van der Waals surface area contributed by atoms with Crippen LogP contribution in [-0.2, 0) is 0 Å². The van der Waals surface area contributed by atoms with E-state index >= 15 is 0 Å². The Kier molecular flexibility index (Phi) is 5.52. The van der Waals surface area contributed by atoms with Gasteiger partial charge in [-0.1, -0.05) is 24.6 Å². The number of rotatable bonds is 4. The molecule has 0 bridgehead atoms. The van der Waals surface area contributed by atoms with Crippen LogP contribution in [0.15, 0.2) is 24.3 Å². The van der Waals surface area contributed by atoms with Crippen LogP contribution in [0.25, 0.3) is 0 Å². The largest absolute Gasteiger partial charge is 0.340 e. The summed E-state index contributed by atoms with van der Waals surface area (Å²) in [6.45, 7) is 12.4. The van der Waals surface area contributed by atoms with Crippen LogP contribution < -0.4 is 5.32 Å². The van der Waals surface area contributed by atoms with Crippen LogP contribution in [0.4, 0.5) is 11.5 Å². The highest BCUT2D eigenvalue weighted by molar-refractivity contribution is 5.93. The molecule has 0 saturated carbocycles. The van der Waals surface area contributed by atoms with Gasteiger partial charge in [0.25, 0.3) is 5.91 Å². The van der Waals surface area contributed by atoms with E-state index in [0.717, 1.165) is 44.0 Å². The van der Waals surface area contributed by atoms with Gasteiger partial charge in [-0.05, 0) is 38.9 Å². The number of anilines is 2. The van der Waals surface area contributed by atoms with Crippen molar-refractivity contribution in [2.75, 3.05) is 38.0 Å². The van der Waals surface area contributed by atoms with Crippen molar-refractivity contribution in [3.05, 3.63) is 46.9 Å². The van der Waals surface area contributed by atoms with Crippen molar-refractivity contribution in [1.29, 1.82) is 0 Å². The molecule has 26 heavy (non-hydrogen) atoms. The lowest BCUT2D eigenvalue weighted by Gasteiger charge is -2.33. The molecule has 1 aromatic heterocycles. The summed E-state index contributed by atoms with van der Waals surface area (Å²) in [6.07, 6.45) is 0. The molecular weight excluding hydrogens is 326 g/mol. The van der Waals surface area contributed by atoms with Crippen LogP contribution in [0.2, 0.25) is 0 Å². The summed E-state index contributed by atoms with van der Waals surface area (Å²) in [5.74, 6) is 1.23. The lowest BCUT2D eigenvalue weighted by molar-refractivity contribution is 0.0637. The minimum absolute atomic E-state index is 0.0186. The van der Waals surface area contributed by atoms with Gasteiger partial charge in [-0.2, -0.15) is 0 Å². The summed E-state index contributed by atoms with van der Waals surface area (Å²) < 4.78 is 0. The molecule has 1 aromatic carbocycles. The molecule has 1 fully saturated rings. The molecule has 0 radical (unpaired) electrons. The first kappa shape index (κ1) is 18.3. The first-order valence-corrected chi connectivity index (χ1v) is 9.18. The van der Waals surface area contributed by atoms with E-state index in [-0.39, 0.29) is 5.91 Å². The van der Waals surface area contributed by atoms with Crippen molar-refractivity contribution < 1.29 is 4.79 Å². The molecule has 1 aliphatic heterocycles. The Morgan fingerprint density at radius 3 is 2.46 bits per heavy atom. The van der Waals surface area contributed by atoms with E-state index in [4.69, 9.17) is 0 Å². The van der Waals surface area contributed by atoms with Crippen molar-refractivity contribution in [3.63, 3.8) is 0 Å².